The second-order valence-corrected chi connectivity index (χ2v) is 6.07. The number of unbranched alkanes of at least 4 members (excludes halogenated alkanes) is 2. The van der Waals surface area contributed by atoms with Crippen LogP contribution in [0.3, 0.4) is 0 Å². The van der Waals surface area contributed by atoms with E-state index in [1.807, 2.05) is 37.4 Å². The molecule has 0 radical (unpaired) electrons. The van der Waals surface area contributed by atoms with Crippen molar-refractivity contribution >= 4 is 6.09 Å². The summed E-state index contributed by atoms with van der Waals surface area (Å²) in [6.45, 7) is 5.58. The summed E-state index contributed by atoms with van der Waals surface area (Å²) in [5.41, 5.74) is 1.03. The topological polar surface area (TPSA) is 29.5 Å². The molecule has 1 aromatic rings. The van der Waals surface area contributed by atoms with Gasteiger partial charge < -0.3 is 9.64 Å². The van der Waals surface area contributed by atoms with Crippen LogP contribution >= 0.6 is 0 Å². The van der Waals surface area contributed by atoms with Crippen molar-refractivity contribution in [3.8, 4) is 0 Å². The zero-order chi connectivity index (χ0) is 16.2. The van der Waals surface area contributed by atoms with Crippen LogP contribution in [0.25, 0.3) is 0 Å². The first kappa shape index (κ1) is 18.5. The number of hydrogen-bond acceptors (Lipinski definition) is 2. The van der Waals surface area contributed by atoms with E-state index in [-0.39, 0.29) is 6.09 Å². The molecule has 0 saturated carbocycles. The van der Waals surface area contributed by atoms with Crippen LogP contribution in [0.15, 0.2) is 30.3 Å². The van der Waals surface area contributed by atoms with Gasteiger partial charge in [0.1, 0.15) is 6.61 Å². The normalized spacial score (nSPS) is 12.0. The van der Waals surface area contributed by atoms with Crippen molar-refractivity contribution in [2.24, 2.45) is 5.92 Å². The standard InChI is InChI=1S/C19H31NO2/c1-4-6-8-12-17(11-5-2)15-20(3)19(21)22-16-18-13-9-7-10-14-18/h7,9-10,13-14,17H,4-6,8,11-12,15-16H2,1-3H3. The lowest BCUT2D eigenvalue weighted by Gasteiger charge is -2.23. The quantitative estimate of drug-likeness (QED) is 0.552. The third-order valence-electron chi connectivity index (χ3n) is 3.96. The largest absolute Gasteiger partial charge is 0.445 e. The summed E-state index contributed by atoms with van der Waals surface area (Å²) >= 11 is 0. The highest BCUT2D eigenvalue weighted by Crippen LogP contribution is 2.17. The number of nitrogens with zero attached hydrogens (tertiary/aromatic N) is 1. The summed E-state index contributed by atoms with van der Waals surface area (Å²) in [5, 5.41) is 0. The molecule has 3 nitrogen and oxygen atoms in total. The third kappa shape index (κ3) is 7.48. The minimum Gasteiger partial charge on any atom is -0.445 e. The summed E-state index contributed by atoms with van der Waals surface area (Å²) in [5.74, 6) is 0.589. The number of ether oxygens (including phenoxy) is 1. The Morgan fingerprint density at radius 3 is 2.45 bits per heavy atom. The average molecular weight is 305 g/mol. The molecule has 0 heterocycles. The van der Waals surface area contributed by atoms with Crippen molar-refractivity contribution in [2.45, 2.75) is 59.0 Å². The van der Waals surface area contributed by atoms with Gasteiger partial charge in [-0.2, -0.15) is 0 Å². The van der Waals surface area contributed by atoms with Gasteiger partial charge in [0.2, 0.25) is 0 Å². The number of benzene rings is 1. The lowest BCUT2D eigenvalue weighted by atomic mass is 9.96. The summed E-state index contributed by atoms with van der Waals surface area (Å²) in [4.78, 5) is 13.8. The Kier molecular flexibility index (Phi) is 9.36. The van der Waals surface area contributed by atoms with Crippen LogP contribution in [0.1, 0.15) is 57.9 Å². The summed E-state index contributed by atoms with van der Waals surface area (Å²) < 4.78 is 5.38. The van der Waals surface area contributed by atoms with Gasteiger partial charge in [-0.3, -0.25) is 0 Å². The second-order valence-electron chi connectivity index (χ2n) is 6.07. The summed E-state index contributed by atoms with van der Waals surface area (Å²) in [6.07, 6.45) is 7.12. The molecule has 1 amide bonds. The highest BCUT2D eigenvalue weighted by molar-refractivity contribution is 5.67. The molecule has 0 aromatic heterocycles. The Bertz CT molecular complexity index is 405. The average Bonchev–Trinajstić information content (AvgIpc) is 2.54. The fourth-order valence-corrected chi connectivity index (χ4v) is 2.71. The predicted octanol–water partition coefficient (Wildman–Crippen LogP) is 5.25. The van der Waals surface area contributed by atoms with Crippen LogP contribution in [0.5, 0.6) is 0 Å². The van der Waals surface area contributed by atoms with Crippen molar-refractivity contribution in [3.63, 3.8) is 0 Å². The molecule has 0 aliphatic heterocycles. The van der Waals surface area contributed by atoms with Gasteiger partial charge in [0.25, 0.3) is 0 Å². The molecular weight excluding hydrogens is 274 g/mol. The lowest BCUT2D eigenvalue weighted by molar-refractivity contribution is 0.0980. The van der Waals surface area contributed by atoms with Gasteiger partial charge in [0, 0.05) is 13.6 Å². The van der Waals surface area contributed by atoms with Gasteiger partial charge >= 0.3 is 6.09 Å². The van der Waals surface area contributed by atoms with Gasteiger partial charge in [-0.1, -0.05) is 69.9 Å². The molecule has 0 fully saturated rings. The minimum atomic E-state index is -0.222. The zero-order valence-corrected chi connectivity index (χ0v) is 14.4. The Hall–Kier alpha value is -1.51. The van der Waals surface area contributed by atoms with Crippen molar-refractivity contribution in [3.05, 3.63) is 35.9 Å². The maximum atomic E-state index is 12.1. The molecule has 1 unspecified atom stereocenters. The summed E-state index contributed by atoms with van der Waals surface area (Å²) in [7, 11) is 1.84. The van der Waals surface area contributed by atoms with Crippen molar-refractivity contribution < 1.29 is 9.53 Å². The van der Waals surface area contributed by atoms with Gasteiger partial charge in [0.15, 0.2) is 0 Å². The van der Waals surface area contributed by atoms with Gasteiger partial charge in [0.05, 0.1) is 0 Å². The summed E-state index contributed by atoms with van der Waals surface area (Å²) in [6, 6.07) is 9.81. The van der Waals surface area contributed by atoms with Crippen molar-refractivity contribution in [2.75, 3.05) is 13.6 Å². The van der Waals surface area contributed by atoms with E-state index in [4.69, 9.17) is 4.74 Å². The van der Waals surface area contributed by atoms with E-state index in [1.54, 1.807) is 4.90 Å². The second kappa shape index (κ2) is 11.1. The molecule has 0 bridgehead atoms. The first-order valence-corrected chi connectivity index (χ1v) is 8.59. The fraction of sp³-hybridized carbons (Fsp3) is 0.632. The van der Waals surface area contributed by atoms with Crippen molar-refractivity contribution in [1.29, 1.82) is 0 Å². The monoisotopic (exact) mass is 305 g/mol. The van der Waals surface area contributed by atoms with E-state index >= 15 is 0 Å². The molecule has 0 spiro atoms. The van der Waals surface area contributed by atoms with Crippen LogP contribution in [0.4, 0.5) is 4.79 Å². The minimum absolute atomic E-state index is 0.222. The van der Waals surface area contributed by atoms with Crippen LogP contribution in [0.2, 0.25) is 0 Å². The zero-order valence-electron chi connectivity index (χ0n) is 14.4. The van der Waals surface area contributed by atoms with Crippen LogP contribution < -0.4 is 0 Å². The highest BCUT2D eigenvalue weighted by Gasteiger charge is 2.16. The number of carbonyl (C=O) groups is 1. The van der Waals surface area contributed by atoms with Crippen LogP contribution in [-0.4, -0.2) is 24.6 Å². The maximum Gasteiger partial charge on any atom is 0.409 e. The molecule has 1 rings (SSSR count). The first-order valence-electron chi connectivity index (χ1n) is 8.59. The first-order chi connectivity index (χ1) is 10.7. The Balaban J connectivity index is 2.36. The number of amides is 1. The lowest BCUT2D eigenvalue weighted by Crippen LogP contribution is -2.32. The molecule has 124 valence electrons. The van der Waals surface area contributed by atoms with E-state index in [0.29, 0.717) is 12.5 Å². The predicted molar refractivity (Wildman–Crippen MR) is 91.8 cm³/mol. The molecule has 0 saturated heterocycles. The maximum absolute atomic E-state index is 12.1. The van der Waals surface area contributed by atoms with Crippen LogP contribution in [-0.2, 0) is 11.3 Å². The molecule has 0 aliphatic rings. The molecule has 1 aromatic carbocycles. The molecule has 22 heavy (non-hydrogen) atoms. The number of carbonyl (C=O) groups excluding carboxylic acids is 1. The molecular formula is C19H31NO2. The highest BCUT2D eigenvalue weighted by atomic mass is 16.6. The Morgan fingerprint density at radius 1 is 1.09 bits per heavy atom. The van der Waals surface area contributed by atoms with E-state index < -0.39 is 0 Å². The van der Waals surface area contributed by atoms with E-state index in [1.165, 1.54) is 38.5 Å². The van der Waals surface area contributed by atoms with Gasteiger partial charge in [-0.15, -0.1) is 0 Å². The van der Waals surface area contributed by atoms with Gasteiger partial charge in [-0.05, 0) is 24.3 Å². The van der Waals surface area contributed by atoms with Crippen molar-refractivity contribution in [1.82, 2.24) is 4.90 Å². The smallest absolute Gasteiger partial charge is 0.409 e. The molecule has 0 aliphatic carbocycles. The SMILES string of the molecule is CCCCCC(CCC)CN(C)C(=O)OCc1ccccc1. The number of rotatable bonds is 10. The van der Waals surface area contributed by atoms with Gasteiger partial charge in [-0.25, -0.2) is 4.79 Å². The van der Waals surface area contributed by atoms with Crippen LogP contribution in [0, 0.1) is 5.92 Å². The van der Waals surface area contributed by atoms with E-state index in [0.717, 1.165) is 12.1 Å². The fourth-order valence-electron chi connectivity index (χ4n) is 2.71. The molecule has 0 N–H and O–H groups in total. The molecule has 3 heteroatoms. The molecule has 1 atom stereocenters. The number of hydrogen-bond donors (Lipinski definition) is 0. The van der Waals surface area contributed by atoms with E-state index in [9.17, 15) is 4.79 Å². The Morgan fingerprint density at radius 2 is 1.82 bits per heavy atom. The third-order valence-corrected chi connectivity index (χ3v) is 3.96. The Labute approximate surface area is 135 Å². The van der Waals surface area contributed by atoms with E-state index in [2.05, 4.69) is 13.8 Å².